The summed E-state index contributed by atoms with van der Waals surface area (Å²) < 4.78 is 0. The molecule has 0 aromatic heterocycles. The molecule has 1 aliphatic rings. The second-order valence-electron chi connectivity index (χ2n) is 6.25. The van der Waals surface area contributed by atoms with Crippen LogP contribution in [0.15, 0.2) is 0 Å². The van der Waals surface area contributed by atoms with Crippen LogP contribution in [0, 0.1) is 17.3 Å². The number of carboxylic acid groups (broad SMARTS) is 1. The van der Waals surface area contributed by atoms with E-state index in [4.69, 9.17) is 0 Å². The standard InChI is InChI=1S/C15H27NO3/c1-11(2)12(3)13(17)16-10-15(14(18)19)8-6-4-5-7-9-15/h11-12H,4-10H2,1-3H3,(H,16,17)(H,18,19). The average Bonchev–Trinajstić information content (AvgIpc) is 2.61. The van der Waals surface area contributed by atoms with Crippen LogP contribution in [0.4, 0.5) is 0 Å². The molecule has 1 fully saturated rings. The van der Waals surface area contributed by atoms with Crippen LogP contribution in [0.3, 0.4) is 0 Å². The van der Waals surface area contributed by atoms with Crippen molar-refractivity contribution >= 4 is 11.9 Å². The summed E-state index contributed by atoms with van der Waals surface area (Å²) in [4.78, 5) is 23.6. The molecule has 1 amide bonds. The number of hydrogen-bond donors (Lipinski definition) is 2. The number of carbonyl (C=O) groups excluding carboxylic acids is 1. The van der Waals surface area contributed by atoms with Crippen LogP contribution in [-0.4, -0.2) is 23.5 Å². The fourth-order valence-electron chi connectivity index (χ4n) is 2.59. The molecule has 0 heterocycles. The topological polar surface area (TPSA) is 66.4 Å². The van der Waals surface area contributed by atoms with Gasteiger partial charge in [-0.25, -0.2) is 0 Å². The molecule has 1 atom stereocenters. The molecule has 0 saturated heterocycles. The van der Waals surface area contributed by atoms with Crippen molar-refractivity contribution in [1.82, 2.24) is 5.32 Å². The van der Waals surface area contributed by atoms with Gasteiger partial charge in [0, 0.05) is 12.5 Å². The van der Waals surface area contributed by atoms with Gasteiger partial charge in [-0.05, 0) is 18.8 Å². The average molecular weight is 269 g/mol. The van der Waals surface area contributed by atoms with Crippen LogP contribution in [0.5, 0.6) is 0 Å². The van der Waals surface area contributed by atoms with Crippen molar-refractivity contribution in [2.75, 3.05) is 6.54 Å². The van der Waals surface area contributed by atoms with E-state index in [1.807, 2.05) is 20.8 Å². The Kier molecular flexibility index (Phi) is 5.83. The third-order valence-corrected chi connectivity index (χ3v) is 4.53. The predicted molar refractivity (Wildman–Crippen MR) is 74.8 cm³/mol. The summed E-state index contributed by atoms with van der Waals surface area (Å²) in [6, 6.07) is 0. The van der Waals surface area contributed by atoms with Gasteiger partial charge in [0.15, 0.2) is 0 Å². The smallest absolute Gasteiger partial charge is 0.311 e. The lowest BCUT2D eigenvalue weighted by atomic mass is 9.80. The van der Waals surface area contributed by atoms with Crippen LogP contribution in [0.1, 0.15) is 59.3 Å². The maximum Gasteiger partial charge on any atom is 0.311 e. The summed E-state index contributed by atoms with van der Waals surface area (Å²) in [6.45, 7) is 6.17. The summed E-state index contributed by atoms with van der Waals surface area (Å²) in [5.74, 6) is -0.585. The zero-order valence-electron chi connectivity index (χ0n) is 12.4. The number of hydrogen-bond acceptors (Lipinski definition) is 2. The maximum atomic E-state index is 12.0. The second kappa shape index (κ2) is 6.92. The van der Waals surface area contributed by atoms with E-state index in [1.165, 1.54) is 0 Å². The lowest BCUT2D eigenvalue weighted by Gasteiger charge is -2.29. The number of rotatable bonds is 5. The van der Waals surface area contributed by atoms with Crippen LogP contribution in [0.25, 0.3) is 0 Å². The highest BCUT2D eigenvalue weighted by Crippen LogP contribution is 2.35. The van der Waals surface area contributed by atoms with Gasteiger partial charge in [0.25, 0.3) is 0 Å². The molecular formula is C15H27NO3. The van der Waals surface area contributed by atoms with E-state index in [9.17, 15) is 14.7 Å². The van der Waals surface area contributed by atoms with Crippen LogP contribution in [0.2, 0.25) is 0 Å². The molecule has 0 aliphatic heterocycles. The fourth-order valence-corrected chi connectivity index (χ4v) is 2.59. The van der Waals surface area contributed by atoms with Crippen molar-refractivity contribution < 1.29 is 14.7 Å². The molecule has 0 bridgehead atoms. The van der Waals surface area contributed by atoms with E-state index < -0.39 is 11.4 Å². The highest BCUT2D eigenvalue weighted by Gasteiger charge is 2.39. The van der Waals surface area contributed by atoms with Crippen molar-refractivity contribution in [3.63, 3.8) is 0 Å². The minimum Gasteiger partial charge on any atom is -0.481 e. The van der Waals surface area contributed by atoms with Crippen molar-refractivity contribution in [1.29, 1.82) is 0 Å². The van der Waals surface area contributed by atoms with Gasteiger partial charge in [-0.2, -0.15) is 0 Å². The van der Waals surface area contributed by atoms with Gasteiger partial charge in [-0.3, -0.25) is 9.59 Å². The third-order valence-electron chi connectivity index (χ3n) is 4.53. The molecule has 19 heavy (non-hydrogen) atoms. The van der Waals surface area contributed by atoms with Crippen molar-refractivity contribution in [2.45, 2.75) is 59.3 Å². The number of carboxylic acids is 1. The van der Waals surface area contributed by atoms with E-state index in [1.54, 1.807) is 0 Å². The number of amides is 1. The van der Waals surface area contributed by atoms with Gasteiger partial charge >= 0.3 is 5.97 Å². The van der Waals surface area contributed by atoms with Crippen molar-refractivity contribution in [3.05, 3.63) is 0 Å². The third kappa shape index (κ3) is 4.22. The quantitative estimate of drug-likeness (QED) is 0.754. The monoisotopic (exact) mass is 269 g/mol. The Morgan fingerprint density at radius 3 is 2.05 bits per heavy atom. The van der Waals surface area contributed by atoms with E-state index >= 15 is 0 Å². The number of carbonyl (C=O) groups is 2. The first-order valence-electron chi connectivity index (χ1n) is 7.40. The Morgan fingerprint density at radius 1 is 1.11 bits per heavy atom. The highest BCUT2D eigenvalue weighted by molar-refractivity contribution is 5.80. The minimum absolute atomic E-state index is 0.0279. The summed E-state index contributed by atoms with van der Waals surface area (Å²) in [5, 5.41) is 12.4. The minimum atomic E-state index is -0.757. The molecule has 0 radical (unpaired) electrons. The molecule has 1 rings (SSSR count). The Morgan fingerprint density at radius 2 is 1.63 bits per heavy atom. The summed E-state index contributed by atoms with van der Waals surface area (Å²) in [5.41, 5.74) is -0.747. The molecule has 1 saturated carbocycles. The normalized spacial score (nSPS) is 20.6. The van der Waals surface area contributed by atoms with Gasteiger partial charge in [0.1, 0.15) is 0 Å². The van der Waals surface area contributed by atoms with E-state index in [-0.39, 0.29) is 24.3 Å². The molecule has 2 N–H and O–H groups in total. The van der Waals surface area contributed by atoms with Gasteiger partial charge in [0.2, 0.25) is 5.91 Å². The van der Waals surface area contributed by atoms with E-state index in [2.05, 4.69) is 5.32 Å². The van der Waals surface area contributed by atoms with Gasteiger partial charge in [-0.15, -0.1) is 0 Å². The summed E-state index contributed by atoms with van der Waals surface area (Å²) in [7, 11) is 0. The molecule has 0 spiro atoms. The predicted octanol–water partition coefficient (Wildman–Crippen LogP) is 2.82. The molecule has 0 aromatic rings. The molecular weight excluding hydrogens is 242 g/mol. The summed E-state index contributed by atoms with van der Waals surface area (Å²) >= 11 is 0. The zero-order valence-corrected chi connectivity index (χ0v) is 12.4. The molecule has 4 nitrogen and oxygen atoms in total. The first kappa shape index (κ1) is 16.0. The fraction of sp³-hybridized carbons (Fsp3) is 0.867. The van der Waals surface area contributed by atoms with E-state index in [0.29, 0.717) is 12.8 Å². The Labute approximate surface area is 116 Å². The summed E-state index contributed by atoms with van der Waals surface area (Å²) in [6.07, 6.45) is 5.46. The van der Waals surface area contributed by atoms with Crippen LogP contribution in [-0.2, 0) is 9.59 Å². The molecule has 4 heteroatoms. The zero-order chi connectivity index (χ0) is 14.5. The Bertz CT molecular complexity index is 317. The van der Waals surface area contributed by atoms with Crippen LogP contribution >= 0.6 is 0 Å². The second-order valence-corrected chi connectivity index (χ2v) is 6.25. The van der Waals surface area contributed by atoms with Crippen molar-refractivity contribution in [3.8, 4) is 0 Å². The lowest BCUT2D eigenvalue weighted by Crippen LogP contribution is -2.44. The lowest BCUT2D eigenvalue weighted by molar-refractivity contribution is -0.150. The molecule has 0 aromatic carbocycles. The highest BCUT2D eigenvalue weighted by atomic mass is 16.4. The number of aliphatic carboxylic acids is 1. The molecule has 110 valence electrons. The Balaban J connectivity index is 2.64. The van der Waals surface area contributed by atoms with E-state index in [0.717, 1.165) is 25.7 Å². The largest absolute Gasteiger partial charge is 0.481 e. The first-order valence-corrected chi connectivity index (χ1v) is 7.40. The first-order chi connectivity index (χ1) is 8.89. The maximum absolute atomic E-state index is 12.0. The Hall–Kier alpha value is -1.06. The van der Waals surface area contributed by atoms with Crippen LogP contribution < -0.4 is 5.32 Å². The molecule has 1 unspecified atom stereocenters. The van der Waals surface area contributed by atoms with Gasteiger partial charge in [-0.1, -0.05) is 46.5 Å². The van der Waals surface area contributed by atoms with Crippen molar-refractivity contribution in [2.24, 2.45) is 17.3 Å². The van der Waals surface area contributed by atoms with Gasteiger partial charge < -0.3 is 10.4 Å². The SMILES string of the molecule is CC(C)C(C)C(=O)NCC1(C(=O)O)CCCCCC1. The molecule has 1 aliphatic carbocycles. The number of nitrogens with one attached hydrogen (secondary N) is 1. The van der Waals surface area contributed by atoms with Gasteiger partial charge in [0.05, 0.1) is 5.41 Å².